The molecule has 2 aromatic rings. The Kier molecular flexibility index (Phi) is 3.32. The highest BCUT2D eigenvalue weighted by atomic mass is 19.3. The normalized spacial score (nSPS) is 10.8. The Morgan fingerprint density at radius 1 is 1.35 bits per heavy atom. The van der Waals surface area contributed by atoms with Crippen LogP contribution >= 0.6 is 0 Å². The van der Waals surface area contributed by atoms with Crippen LogP contribution in [0.4, 0.5) is 18.9 Å². The number of hydrogen-bond donors (Lipinski definition) is 1. The van der Waals surface area contributed by atoms with E-state index in [1.807, 2.05) is 0 Å². The van der Waals surface area contributed by atoms with Crippen molar-refractivity contribution >= 4 is 5.69 Å². The van der Waals surface area contributed by atoms with E-state index in [0.717, 1.165) is 4.57 Å². The van der Waals surface area contributed by atoms with Gasteiger partial charge in [-0.3, -0.25) is 4.57 Å². The van der Waals surface area contributed by atoms with Gasteiger partial charge in [-0.25, -0.2) is 9.37 Å². The van der Waals surface area contributed by atoms with Crippen LogP contribution in [0.5, 0.6) is 0 Å². The summed E-state index contributed by atoms with van der Waals surface area (Å²) < 4.78 is 38.6. The molecule has 0 aliphatic carbocycles. The van der Waals surface area contributed by atoms with Crippen LogP contribution in [0.25, 0.3) is 0 Å². The number of aromatic nitrogens is 2. The summed E-state index contributed by atoms with van der Waals surface area (Å²) in [4.78, 5) is 3.80. The van der Waals surface area contributed by atoms with Crippen molar-refractivity contribution in [2.45, 2.75) is 13.1 Å². The van der Waals surface area contributed by atoms with E-state index in [2.05, 4.69) is 10.3 Å². The second-order valence-corrected chi connectivity index (χ2v) is 3.39. The number of alkyl halides is 2. The molecule has 90 valence electrons. The molecule has 0 aliphatic heterocycles. The van der Waals surface area contributed by atoms with E-state index in [4.69, 9.17) is 0 Å². The van der Waals surface area contributed by atoms with Gasteiger partial charge >= 0.3 is 6.55 Å². The number of nitrogens with one attached hydrogen (secondary N) is 1. The fraction of sp³-hybridized carbons (Fsp3) is 0.182. The summed E-state index contributed by atoms with van der Waals surface area (Å²) in [6.07, 6.45) is 2.50. The van der Waals surface area contributed by atoms with Crippen molar-refractivity contribution in [2.75, 3.05) is 5.32 Å². The highest BCUT2D eigenvalue weighted by Gasteiger charge is 2.10. The summed E-state index contributed by atoms with van der Waals surface area (Å²) in [7, 11) is 0. The van der Waals surface area contributed by atoms with Gasteiger partial charge in [0.15, 0.2) is 0 Å². The fourth-order valence-electron chi connectivity index (χ4n) is 1.44. The average molecular weight is 241 g/mol. The van der Waals surface area contributed by atoms with Gasteiger partial charge in [-0.1, -0.05) is 6.07 Å². The first-order valence-electron chi connectivity index (χ1n) is 4.96. The summed E-state index contributed by atoms with van der Waals surface area (Å²) in [5, 5.41) is 2.83. The highest BCUT2D eigenvalue weighted by Crippen LogP contribution is 2.14. The molecule has 1 aromatic heterocycles. The molecule has 17 heavy (non-hydrogen) atoms. The standard InChI is InChI=1S/C11H10F3N3/c12-8-2-1-3-9(6-8)16-7-10-15-4-5-17(10)11(13)14/h1-6,11,16H,7H2. The number of benzene rings is 1. The maximum absolute atomic E-state index is 12.9. The van der Waals surface area contributed by atoms with Gasteiger partial charge in [0.05, 0.1) is 6.54 Å². The van der Waals surface area contributed by atoms with Crippen LogP contribution in [-0.4, -0.2) is 9.55 Å². The van der Waals surface area contributed by atoms with Gasteiger partial charge in [0.1, 0.15) is 11.6 Å². The van der Waals surface area contributed by atoms with Crippen molar-refractivity contribution in [3.05, 3.63) is 48.3 Å². The summed E-state index contributed by atoms with van der Waals surface area (Å²) in [5.74, 6) is -0.184. The Hall–Kier alpha value is -1.98. The molecule has 0 saturated carbocycles. The molecule has 6 heteroatoms. The Morgan fingerprint density at radius 3 is 2.88 bits per heavy atom. The minimum absolute atomic E-state index is 0.112. The molecule has 2 rings (SSSR count). The summed E-state index contributed by atoms with van der Waals surface area (Å²) in [6, 6.07) is 5.79. The number of anilines is 1. The van der Waals surface area contributed by atoms with E-state index >= 15 is 0 Å². The molecule has 0 atom stereocenters. The number of halogens is 3. The number of hydrogen-bond acceptors (Lipinski definition) is 2. The van der Waals surface area contributed by atoms with Gasteiger partial charge in [-0.05, 0) is 18.2 Å². The molecule has 1 aromatic carbocycles. The smallest absolute Gasteiger partial charge is 0.319 e. The SMILES string of the molecule is Fc1cccc(NCc2nccn2C(F)F)c1. The third kappa shape index (κ3) is 2.77. The van der Waals surface area contributed by atoms with Gasteiger partial charge in [0.2, 0.25) is 0 Å². The van der Waals surface area contributed by atoms with Gasteiger partial charge in [0, 0.05) is 18.1 Å². The lowest BCUT2D eigenvalue weighted by molar-refractivity contribution is 0.0673. The molecular weight excluding hydrogens is 231 g/mol. The van der Waals surface area contributed by atoms with Crippen LogP contribution in [0, 0.1) is 5.82 Å². The van der Waals surface area contributed by atoms with Crippen LogP contribution < -0.4 is 5.32 Å². The molecular formula is C11H10F3N3. The van der Waals surface area contributed by atoms with Crippen LogP contribution in [-0.2, 0) is 6.54 Å². The first-order chi connectivity index (χ1) is 8.16. The summed E-state index contributed by atoms with van der Waals surface area (Å²) >= 11 is 0. The zero-order valence-corrected chi connectivity index (χ0v) is 8.78. The van der Waals surface area contributed by atoms with Crippen molar-refractivity contribution < 1.29 is 13.2 Å². The van der Waals surface area contributed by atoms with E-state index in [1.165, 1.54) is 30.6 Å². The maximum Gasteiger partial charge on any atom is 0.319 e. The molecule has 0 amide bonds. The molecule has 0 radical (unpaired) electrons. The van der Waals surface area contributed by atoms with Crippen molar-refractivity contribution in [3.8, 4) is 0 Å². The van der Waals surface area contributed by atoms with Crippen molar-refractivity contribution in [3.63, 3.8) is 0 Å². The number of nitrogens with zero attached hydrogens (tertiary/aromatic N) is 2. The second-order valence-electron chi connectivity index (χ2n) is 3.39. The maximum atomic E-state index is 12.9. The van der Waals surface area contributed by atoms with E-state index in [9.17, 15) is 13.2 Å². The summed E-state index contributed by atoms with van der Waals surface area (Å²) in [5.41, 5.74) is 0.522. The second kappa shape index (κ2) is 4.90. The van der Waals surface area contributed by atoms with Gasteiger partial charge in [-0.15, -0.1) is 0 Å². The lowest BCUT2D eigenvalue weighted by Crippen LogP contribution is -2.09. The monoisotopic (exact) mass is 241 g/mol. The number of imidazole rings is 1. The third-order valence-electron chi connectivity index (χ3n) is 2.23. The Bertz CT molecular complexity index is 496. The quantitative estimate of drug-likeness (QED) is 0.891. The molecule has 0 bridgehead atoms. The highest BCUT2D eigenvalue weighted by molar-refractivity contribution is 5.43. The molecule has 3 nitrogen and oxygen atoms in total. The predicted molar refractivity (Wildman–Crippen MR) is 57.2 cm³/mol. The third-order valence-corrected chi connectivity index (χ3v) is 2.23. The molecule has 1 N–H and O–H groups in total. The minimum Gasteiger partial charge on any atom is -0.378 e. The van der Waals surface area contributed by atoms with Gasteiger partial charge in [0.25, 0.3) is 0 Å². The predicted octanol–water partition coefficient (Wildman–Crippen LogP) is 3.03. The molecule has 0 unspecified atom stereocenters. The molecule has 1 heterocycles. The van der Waals surface area contributed by atoms with Gasteiger partial charge < -0.3 is 5.32 Å². The lowest BCUT2D eigenvalue weighted by atomic mass is 10.3. The Labute approximate surface area is 95.9 Å². The van der Waals surface area contributed by atoms with Crippen LogP contribution in [0.1, 0.15) is 12.4 Å². The van der Waals surface area contributed by atoms with E-state index in [-0.39, 0.29) is 18.2 Å². The lowest BCUT2D eigenvalue weighted by Gasteiger charge is -2.08. The summed E-state index contributed by atoms with van der Waals surface area (Å²) in [6.45, 7) is -2.51. The van der Waals surface area contributed by atoms with E-state index in [0.29, 0.717) is 5.69 Å². The minimum atomic E-state index is -2.62. The zero-order valence-electron chi connectivity index (χ0n) is 8.78. The molecule has 0 fully saturated rings. The zero-order chi connectivity index (χ0) is 12.3. The number of rotatable bonds is 4. The Morgan fingerprint density at radius 2 is 2.18 bits per heavy atom. The molecule has 0 aliphatic rings. The van der Waals surface area contributed by atoms with Gasteiger partial charge in [-0.2, -0.15) is 8.78 Å². The van der Waals surface area contributed by atoms with Crippen LogP contribution in [0.2, 0.25) is 0 Å². The van der Waals surface area contributed by atoms with Crippen molar-refractivity contribution in [2.24, 2.45) is 0 Å². The molecule has 0 spiro atoms. The topological polar surface area (TPSA) is 29.9 Å². The van der Waals surface area contributed by atoms with E-state index in [1.54, 1.807) is 6.07 Å². The average Bonchev–Trinajstić information content (AvgIpc) is 2.74. The largest absolute Gasteiger partial charge is 0.378 e. The van der Waals surface area contributed by atoms with Crippen LogP contribution in [0.15, 0.2) is 36.7 Å². The van der Waals surface area contributed by atoms with Crippen molar-refractivity contribution in [1.82, 2.24) is 9.55 Å². The fourth-order valence-corrected chi connectivity index (χ4v) is 1.44. The van der Waals surface area contributed by atoms with Crippen LogP contribution in [0.3, 0.4) is 0 Å². The molecule has 0 saturated heterocycles. The first-order valence-corrected chi connectivity index (χ1v) is 4.96. The van der Waals surface area contributed by atoms with Crippen molar-refractivity contribution in [1.29, 1.82) is 0 Å². The van der Waals surface area contributed by atoms with E-state index < -0.39 is 6.55 Å². The first kappa shape index (κ1) is 11.5. The Balaban J connectivity index is 2.05.